The molecule has 1 aromatic rings. The second kappa shape index (κ2) is 9.90. The maximum Gasteiger partial charge on any atom is 0.224 e. The largest absolute Gasteiger partial charge is 0.356 e. The predicted molar refractivity (Wildman–Crippen MR) is 97.6 cm³/mol. The van der Waals surface area contributed by atoms with Crippen LogP contribution in [-0.2, 0) is 4.79 Å². The molecular formula is C15H27Cl2N5O. The monoisotopic (exact) mass is 363 g/mol. The van der Waals surface area contributed by atoms with E-state index in [1.807, 2.05) is 26.8 Å². The number of hydrogen-bond acceptors (Lipinski definition) is 5. The molecule has 1 saturated heterocycles. The molecule has 1 aliphatic heterocycles. The number of halogens is 2. The Morgan fingerprint density at radius 2 is 1.96 bits per heavy atom. The van der Waals surface area contributed by atoms with Gasteiger partial charge in [0.25, 0.3) is 0 Å². The molecule has 1 unspecified atom stereocenters. The van der Waals surface area contributed by atoms with Crippen molar-refractivity contribution in [1.29, 1.82) is 0 Å². The normalized spacial score (nSPS) is 16.1. The van der Waals surface area contributed by atoms with Gasteiger partial charge in [-0.1, -0.05) is 6.92 Å². The molecule has 1 atom stereocenters. The first kappa shape index (κ1) is 21.9. The Labute approximate surface area is 150 Å². The molecule has 0 aromatic carbocycles. The number of carbonyl (C=O) groups is 1. The second-order valence-corrected chi connectivity index (χ2v) is 5.82. The number of carbonyl (C=O) groups excluding carboxylic acids is 1. The molecule has 0 bridgehead atoms. The van der Waals surface area contributed by atoms with Gasteiger partial charge in [0.15, 0.2) is 0 Å². The van der Waals surface area contributed by atoms with E-state index in [1.165, 1.54) is 0 Å². The fourth-order valence-corrected chi connectivity index (χ4v) is 2.56. The number of rotatable bonds is 4. The van der Waals surface area contributed by atoms with Crippen LogP contribution in [0.4, 0.5) is 5.82 Å². The van der Waals surface area contributed by atoms with Crippen LogP contribution in [0.1, 0.15) is 31.3 Å². The Hall–Kier alpha value is -1.11. The van der Waals surface area contributed by atoms with Crippen molar-refractivity contribution in [2.24, 2.45) is 11.7 Å². The summed E-state index contributed by atoms with van der Waals surface area (Å²) in [6.45, 7) is 7.95. The van der Waals surface area contributed by atoms with Crippen molar-refractivity contribution in [3.05, 3.63) is 17.6 Å². The van der Waals surface area contributed by atoms with Crippen LogP contribution in [0.2, 0.25) is 0 Å². The van der Waals surface area contributed by atoms with E-state index in [-0.39, 0.29) is 42.7 Å². The number of nitrogens with one attached hydrogen (secondary N) is 1. The fraction of sp³-hybridized carbons (Fsp3) is 0.667. The van der Waals surface area contributed by atoms with E-state index in [0.717, 1.165) is 43.3 Å². The average Bonchev–Trinajstić information content (AvgIpc) is 2.46. The van der Waals surface area contributed by atoms with Gasteiger partial charge in [-0.05, 0) is 26.7 Å². The van der Waals surface area contributed by atoms with Crippen LogP contribution in [0.5, 0.6) is 0 Å². The van der Waals surface area contributed by atoms with E-state index in [2.05, 4.69) is 20.2 Å². The van der Waals surface area contributed by atoms with Crippen molar-refractivity contribution in [2.45, 2.75) is 39.7 Å². The number of amides is 1. The lowest BCUT2D eigenvalue weighted by Crippen LogP contribution is -2.47. The van der Waals surface area contributed by atoms with E-state index < -0.39 is 0 Å². The fourth-order valence-electron chi connectivity index (χ4n) is 2.56. The molecule has 1 fully saturated rings. The van der Waals surface area contributed by atoms with Gasteiger partial charge in [0.05, 0.1) is 0 Å². The standard InChI is InChI=1S/C15H25N5O.2ClH/c1-10(9-16)15(21)19-13-4-6-20(7-5-13)14-8-11(2)17-12(3)18-14;;/h8,10,13H,4-7,9,16H2,1-3H3,(H,19,21);2*1H. The Morgan fingerprint density at radius 1 is 1.35 bits per heavy atom. The van der Waals surface area contributed by atoms with Gasteiger partial charge in [0.2, 0.25) is 5.91 Å². The molecule has 6 nitrogen and oxygen atoms in total. The minimum atomic E-state index is -0.116. The van der Waals surface area contributed by atoms with E-state index in [9.17, 15) is 4.79 Å². The quantitative estimate of drug-likeness (QED) is 0.848. The number of aryl methyl sites for hydroxylation is 2. The summed E-state index contributed by atoms with van der Waals surface area (Å²) in [5.74, 6) is 1.73. The third-order valence-electron chi connectivity index (χ3n) is 3.92. The van der Waals surface area contributed by atoms with Gasteiger partial charge in [-0.15, -0.1) is 24.8 Å². The lowest BCUT2D eigenvalue weighted by atomic mass is 10.0. The Morgan fingerprint density at radius 3 is 2.48 bits per heavy atom. The summed E-state index contributed by atoms with van der Waals surface area (Å²) in [5, 5.41) is 3.09. The van der Waals surface area contributed by atoms with Crippen LogP contribution in [0, 0.1) is 19.8 Å². The van der Waals surface area contributed by atoms with Gasteiger partial charge >= 0.3 is 0 Å². The molecule has 3 N–H and O–H groups in total. The summed E-state index contributed by atoms with van der Waals surface area (Å²) in [6, 6.07) is 2.26. The van der Waals surface area contributed by atoms with Gasteiger partial charge in [0, 0.05) is 43.4 Å². The summed E-state index contributed by atoms with van der Waals surface area (Å²) < 4.78 is 0. The van der Waals surface area contributed by atoms with Crippen LogP contribution < -0.4 is 16.0 Å². The molecule has 0 radical (unpaired) electrons. The zero-order chi connectivity index (χ0) is 15.4. The zero-order valence-electron chi connectivity index (χ0n) is 13.9. The van der Waals surface area contributed by atoms with Crippen molar-refractivity contribution >= 4 is 36.5 Å². The molecule has 0 aliphatic carbocycles. The first-order valence-corrected chi connectivity index (χ1v) is 7.57. The highest BCUT2D eigenvalue weighted by atomic mass is 35.5. The van der Waals surface area contributed by atoms with Crippen molar-refractivity contribution in [2.75, 3.05) is 24.5 Å². The maximum absolute atomic E-state index is 11.9. The third-order valence-corrected chi connectivity index (χ3v) is 3.92. The average molecular weight is 364 g/mol. The number of hydrogen-bond donors (Lipinski definition) is 2. The van der Waals surface area contributed by atoms with Crippen LogP contribution in [0.3, 0.4) is 0 Å². The van der Waals surface area contributed by atoms with Crippen LogP contribution >= 0.6 is 24.8 Å². The highest BCUT2D eigenvalue weighted by molar-refractivity contribution is 5.85. The second-order valence-electron chi connectivity index (χ2n) is 5.82. The molecule has 1 aliphatic rings. The van der Waals surface area contributed by atoms with Gasteiger partial charge in [-0.2, -0.15) is 0 Å². The van der Waals surface area contributed by atoms with E-state index in [1.54, 1.807) is 0 Å². The summed E-state index contributed by atoms with van der Waals surface area (Å²) in [7, 11) is 0. The molecule has 8 heteroatoms. The lowest BCUT2D eigenvalue weighted by Gasteiger charge is -2.33. The number of aromatic nitrogens is 2. The summed E-state index contributed by atoms with van der Waals surface area (Å²) in [4.78, 5) is 22.9. The van der Waals surface area contributed by atoms with Crippen molar-refractivity contribution < 1.29 is 4.79 Å². The van der Waals surface area contributed by atoms with E-state index >= 15 is 0 Å². The molecule has 23 heavy (non-hydrogen) atoms. The smallest absolute Gasteiger partial charge is 0.224 e. The Balaban J connectivity index is 0.00000242. The van der Waals surface area contributed by atoms with E-state index in [4.69, 9.17) is 5.73 Å². The Bertz CT molecular complexity index is 486. The molecule has 1 amide bonds. The van der Waals surface area contributed by atoms with Crippen molar-refractivity contribution in [3.63, 3.8) is 0 Å². The van der Waals surface area contributed by atoms with E-state index in [0.29, 0.717) is 6.54 Å². The molecule has 132 valence electrons. The number of piperidine rings is 1. The molecule has 0 saturated carbocycles. The Kier molecular flexibility index (Phi) is 9.42. The summed E-state index contributed by atoms with van der Waals surface area (Å²) in [6.07, 6.45) is 1.87. The van der Waals surface area contributed by atoms with Gasteiger partial charge < -0.3 is 16.0 Å². The third kappa shape index (κ3) is 6.12. The van der Waals surface area contributed by atoms with Crippen LogP contribution in [0.25, 0.3) is 0 Å². The van der Waals surface area contributed by atoms with Crippen molar-refractivity contribution in [3.8, 4) is 0 Å². The SMILES string of the molecule is Cc1cc(N2CCC(NC(=O)C(C)CN)CC2)nc(C)n1.Cl.Cl. The van der Waals surface area contributed by atoms with Crippen LogP contribution in [-0.4, -0.2) is 41.6 Å². The minimum absolute atomic E-state index is 0. The summed E-state index contributed by atoms with van der Waals surface area (Å²) >= 11 is 0. The molecule has 1 aromatic heterocycles. The molecular weight excluding hydrogens is 337 g/mol. The molecule has 0 spiro atoms. The molecule has 2 rings (SSSR count). The van der Waals surface area contributed by atoms with Gasteiger partial charge in [-0.3, -0.25) is 4.79 Å². The number of anilines is 1. The van der Waals surface area contributed by atoms with Crippen molar-refractivity contribution in [1.82, 2.24) is 15.3 Å². The first-order chi connectivity index (χ1) is 9.99. The minimum Gasteiger partial charge on any atom is -0.356 e. The molecule has 2 heterocycles. The predicted octanol–water partition coefficient (Wildman–Crippen LogP) is 1.62. The topological polar surface area (TPSA) is 84.1 Å². The zero-order valence-corrected chi connectivity index (χ0v) is 15.5. The van der Waals surface area contributed by atoms with Gasteiger partial charge in [-0.25, -0.2) is 9.97 Å². The maximum atomic E-state index is 11.9. The van der Waals surface area contributed by atoms with Crippen LogP contribution in [0.15, 0.2) is 6.07 Å². The highest BCUT2D eigenvalue weighted by Gasteiger charge is 2.23. The van der Waals surface area contributed by atoms with Gasteiger partial charge in [0.1, 0.15) is 11.6 Å². The number of nitrogens with two attached hydrogens (primary N) is 1. The lowest BCUT2D eigenvalue weighted by molar-refractivity contribution is -0.125. The number of nitrogens with zero attached hydrogens (tertiary/aromatic N) is 3. The first-order valence-electron chi connectivity index (χ1n) is 7.57. The highest BCUT2D eigenvalue weighted by Crippen LogP contribution is 2.19. The summed E-state index contributed by atoms with van der Waals surface area (Å²) in [5.41, 5.74) is 6.51.